The molecule has 7 nitrogen and oxygen atoms in total. The first-order valence-corrected chi connectivity index (χ1v) is 9.47. The van der Waals surface area contributed by atoms with E-state index < -0.39 is 0 Å². The summed E-state index contributed by atoms with van der Waals surface area (Å²) in [6.45, 7) is 0. The molecule has 2 aromatic heterocycles. The highest BCUT2D eigenvalue weighted by Gasteiger charge is 2.23. The number of ketones is 1. The number of hydrogen-bond donors (Lipinski definition) is 0. The molecule has 0 spiro atoms. The predicted octanol–water partition coefficient (Wildman–Crippen LogP) is 4.67. The van der Waals surface area contributed by atoms with Gasteiger partial charge in [-0.2, -0.15) is 0 Å². The summed E-state index contributed by atoms with van der Waals surface area (Å²) in [5, 5.41) is 0. The number of oxazole rings is 1. The molecule has 0 N–H and O–H groups in total. The summed E-state index contributed by atoms with van der Waals surface area (Å²) >= 11 is 0. The Morgan fingerprint density at radius 2 is 1.61 bits per heavy atom. The highest BCUT2D eigenvalue weighted by Crippen LogP contribution is 2.39. The van der Waals surface area contributed by atoms with Gasteiger partial charge in [-0.1, -0.05) is 12.1 Å². The molecule has 0 bridgehead atoms. The molecule has 0 fully saturated rings. The van der Waals surface area contributed by atoms with Crippen molar-refractivity contribution in [1.82, 2.24) is 9.97 Å². The maximum absolute atomic E-state index is 13.6. The molecule has 2 heterocycles. The van der Waals surface area contributed by atoms with Gasteiger partial charge in [0, 0.05) is 18.0 Å². The molecule has 0 unspecified atom stereocenters. The number of para-hydroxylation sites is 2. The number of ether oxygens (including phenoxy) is 3. The highest BCUT2D eigenvalue weighted by molar-refractivity contribution is 6.31. The summed E-state index contributed by atoms with van der Waals surface area (Å²) in [6, 6.07) is 14.2. The molecule has 0 saturated heterocycles. The van der Waals surface area contributed by atoms with Gasteiger partial charge in [0.15, 0.2) is 22.9 Å². The van der Waals surface area contributed by atoms with Crippen molar-refractivity contribution in [2.45, 2.75) is 0 Å². The minimum atomic E-state index is -0.303. The van der Waals surface area contributed by atoms with Crippen LogP contribution in [0.15, 0.2) is 65.3 Å². The van der Waals surface area contributed by atoms with Crippen LogP contribution in [0.4, 0.5) is 0 Å². The number of Topliss-reactive ketones (excluding diaryl/α,β-unsaturated/α-hetero) is 1. The number of nitrogens with zero attached hydrogens (tertiary/aromatic N) is 2. The average molecular weight is 416 g/mol. The van der Waals surface area contributed by atoms with Crippen LogP contribution in [0.3, 0.4) is 0 Å². The number of carbonyl (C=O) groups is 1. The number of benzene rings is 2. The zero-order chi connectivity index (χ0) is 21.8. The molecule has 7 heteroatoms. The van der Waals surface area contributed by atoms with E-state index in [9.17, 15) is 4.79 Å². The maximum Gasteiger partial charge on any atom is 0.231 e. The Kier molecular flexibility index (Phi) is 5.66. The van der Waals surface area contributed by atoms with Crippen LogP contribution in [0.1, 0.15) is 21.8 Å². The van der Waals surface area contributed by atoms with Crippen LogP contribution in [-0.2, 0) is 0 Å². The van der Waals surface area contributed by atoms with Gasteiger partial charge in [-0.25, -0.2) is 4.98 Å². The van der Waals surface area contributed by atoms with Gasteiger partial charge in [0.1, 0.15) is 5.52 Å². The van der Waals surface area contributed by atoms with Crippen molar-refractivity contribution in [3.8, 4) is 17.2 Å². The van der Waals surface area contributed by atoms with Gasteiger partial charge >= 0.3 is 0 Å². The summed E-state index contributed by atoms with van der Waals surface area (Å²) in [7, 11) is 4.51. The third-order valence-electron chi connectivity index (χ3n) is 4.71. The third-order valence-corrected chi connectivity index (χ3v) is 4.71. The summed E-state index contributed by atoms with van der Waals surface area (Å²) in [4.78, 5) is 22.2. The number of carbonyl (C=O) groups excluding carboxylic acids is 1. The second-order valence-corrected chi connectivity index (χ2v) is 6.57. The van der Waals surface area contributed by atoms with Crippen LogP contribution >= 0.6 is 0 Å². The third kappa shape index (κ3) is 3.98. The number of rotatable bonds is 7. The maximum atomic E-state index is 13.6. The minimum absolute atomic E-state index is 0.219. The Labute approximate surface area is 178 Å². The van der Waals surface area contributed by atoms with E-state index in [-0.39, 0.29) is 17.2 Å². The number of methoxy groups -OCH3 is 3. The highest BCUT2D eigenvalue weighted by atomic mass is 16.5. The zero-order valence-corrected chi connectivity index (χ0v) is 17.3. The Bertz CT molecular complexity index is 1200. The van der Waals surface area contributed by atoms with E-state index in [1.165, 1.54) is 21.3 Å². The molecular formula is C24H20N2O5. The lowest BCUT2D eigenvalue weighted by Crippen LogP contribution is -2.05. The van der Waals surface area contributed by atoms with Crippen LogP contribution < -0.4 is 14.2 Å². The van der Waals surface area contributed by atoms with E-state index in [1.54, 1.807) is 48.8 Å². The monoisotopic (exact) mass is 416 g/mol. The molecule has 4 rings (SSSR count). The second-order valence-electron chi connectivity index (χ2n) is 6.57. The number of pyridine rings is 1. The molecule has 31 heavy (non-hydrogen) atoms. The zero-order valence-electron chi connectivity index (χ0n) is 17.3. The first-order valence-electron chi connectivity index (χ1n) is 9.47. The molecule has 0 aliphatic carbocycles. The van der Waals surface area contributed by atoms with E-state index in [1.807, 2.05) is 18.2 Å². The van der Waals surface area contributed by atoms with Gasteiger partial charge in [0.2, 0.25) is 11.6 Å². The van der Waals surface area contributed by atoms with Crippen molar-refractivity contribution < 1.29 is 23.4 Å². The number of allylic oxidation sites excluding steroid dienone is 1. The van der Waals surface area contributed by atoms with E-state index in [0.717, 1.165) is 5.56 Å². The topological polar surface area (TPSA) is 83.7 Å². The van der Waals surface area contributed by atoms with Crippen LogP contribution in [0.25, 0.3) is 22.7 Å². The summed E-state index contributed by atoms with van der Waals surface area (Å²) in [6.07, 6.45) is 5.02. The Morgan fingerprint density at radius 1 is 0.935 bits per heavy atom. The van der Waals surface area contributed by atoms with Crippen molar-refractivity contribution in [1.29, 1.82) is 0 Å². The van der Waals surface area contributed by atoms with Crippen molar-refractivity contribution in [2.75, 3.05) is 21.3 Å². The van der Waals surface area contributed by atoms with Crippen molar-refractivity contribution in [3.63, 3.8) is 0 Å². The largest absolute Gasteiger partial charge is 0.493 e. The van der Waals surface area contributed by atoms with E-state index >= 15 is 0 Å². The standard InChI is InChI=1S/C24H20N2O5/c1-28-20-13-16(14-21(29-2)23(20)30-3)22(27)17(12-15-8-10-25-11-9-15)24-26-18-6-4-5-7-19(18)31-24/h4-14H,1-3H3/b17-12+. The van der Waals surface area contributed by atoms with E-state index in [0.29, 0.717) is 33.9 Å². The molecular weight excluding hydrogens is 396 g/mol. The fourth-order valence-corrected chi connectivity index (χ4v) is 3.21. The molecule has 4 aromatic rings. The predicted molar refractivity (Wildman–Crippen MR) is 117 cm³/mol. The van der Waals surface area contributed by atoms with Gasteiger partial charge in [-0.15, -0.1) is 0 Å². The first-order chi connectivity index (χ1) is 15.1. The molecule has 0 radical (unpaired) electrons. The molecule has 2 aromatic carbocycles. The lowest BCUT2D eigenvalue weighted by molar-refractivity contribution is 0.105. The molecule has 0 aliphatic heterocycles. The average Bonchev–Trinajstić information content (AvgIpc) is 3.25. The van der Waals surface area contributed by atoms with Gasteiger partial charge in [-0.05, 0) is 48.0 Å². The first kappa shape index (κ1) is 20.2. The lowest BCUT2D eigenvalue weighted by atomic mass is 10.00. The molecule has 0 aliphatic rings. The fourth-order valence-electron chi connectivity index (χ4n) is 3.21. The molecule has 0 atom stereocenters. The van der Waals surface area contributed by atoms with E-state index in [2.05, 4.69) is 9.97 Å². The second kappa shape index (κ2) is 8.71. The molecule has 156 valence electrons. The SMILES string of the molecule is COc1cc(C(=O)/C(=C\c2ccncc2)c2nc3ccccc3o2)cc(OC)c1OC. The number of aromatic nitrogens is 2. The summed E-state index contributed by atoms with van der Waals surface area (Å²) in [5.41, 5.74) is 2.67. The minimum Gasteiger partial charge on any atom is -0.493 e. The van der Waals surface area contributed by atoms with E-state index in [4.69, 9.17) is 18.6 Å². The van der Waals surface area contributed by atoms with Crippen molar-refractivity contribution in [3.05, 3.63) is 77.9 Å². The number of fused-ring (bicyclic) bond motifs is 1. The molecule has 0 amide bonds. The van der Waals surface area contributed by atoms with Crippen molar-refractivity contribution >= 4 is 28.5 Å². The van der Waals surface area contributed by atoms with Gasteiger partial charge in [-0.3, -0.25) is 9.78 Å². The normalized spacial score (nSPS) is 11.4. The molecule has 0 saturated carbocycles. The number of hydrogen-bond acceptors (Lipinski definition) is 7. The quantitative estimate of drug-likeness (QED) is 0.320. The van der Waals surface area contributed by atoms with Gasteiger partial charge in [0.25, 0.3) is 0 Å². The lowest BCUT2D eigenvalue weighted by Gasteiger charge is -2.14. The van der Waals surface area contributed by atoms with Crippen molar-refractivity contribution in [2.24, 2.45) is 0 Å². The van der Waals surface area contributed by atoms with Crippen LogP contribution in [0.5, 0.6) is 17.2 Å². The Balaban J connectivity index is 1.88. The van der Waals surface area contributed by atoms with Gasteiger partial charge < -0.3 is 18.6 Å². The Hall–Kier alpha value is -4.13. The summed E-state index contributed by atoms with van der Waals surface area (Å²) in [5.74, 6) is 1.08. The van der Waals surface area contributed by atoms with Crippen LogP contribution in [-0.4, -0.2) is 37.1 Å². The van der Waals surface area contributed by atoms with Crippen LogP contribution in [0.2, 0.25) is 0 Å². The fraction of sp³-hybridized carbons (Fsp3) is 0.125. The summed E-state index contributed by atoms with van der Waals surface area (Å²) < 4.78 is 22.1. The smallest absolute Gasteiger partial charge is 0.231 e. The Morgan fingerprint density at radius 3 is 2.23 bits per heavy atom. The van der Waals surface area contributed by atoms with Gasteiger partial charge in [0.05, 0.1) is 26.9 Å². The van der Waals surface area contributed by atoms with Crippen LogP contribution in [0, 0.1) is 0 Å².